The second-order valence-corrected chi connectivity index (χ2v) is 7.32. The maximum atomic E-state index is 12.4. The van der Waals surface area contributed by atoms with Crippen molar-refractivity contribution in [1.82, 2.24) is 4.31 Å². The van der Waals surface area contributed by atoms with Crippen molar-refractivity contribution < 1.29 is 13.3 Å². The lowest BCUT2D eigenvalue weighted by Crippen LogP contribution is -2.29. The topological polar surface area (TPSA) is 92.6 Å². The highest BCUT2D eigenvalue weighted by Crippen LogP contribution is 2.28. The van der Waals surface area contributed by atoms with Crippen LogP contribution in [0.2, 0.25) is 0 Å². The zero-order valence-corrected chi connectivity index (χ0v) is 13.8. The number of benzene rings is 1. The largest absolute Gasteiger partial charge is 0.380 e. The predicted octanol–water partition coefficient (Wildman–Crippen LogP) is 2.01. The number of hydrogen-bond acceptors (Lipinski definition) is 6. The Morgan fingerprint density at radius 3 is 2.62 bits per heavy atom. The number of rotatable bonds is 8. The van der Waals surface area contributed by atoms with Crippen LogP contribution in [-0.2, 0) is 10.0 Å². The Labute approximate surface area is 128 Å². The summed E-state index contributed by atoms with van der Waals surface area (Å²) in [6.07, 6.45) is 1.90. The number of nitro groups is 1. The highest BCUT2D eigenvalue weighted by atomic mass is 32.2. The monoisotopic (exact) mass is 333 g/mol. The fourth-order valence-corrected chi connectivity index (χ4v) is 3.46. The van der Waals surface area contributed by atoms with Crippen LogP contribution < -0.4 is 5.32 Å². The van der Waals surface area contributed by atoms with Crippen LogP contribution in [0, 0.1) is 10.1 Å². The lowest BCUT2D eigenvalue weighted by atomic mass is 10.2. The Morgan fingerprint density at radius 1 is 1.43 bits per heavy atom. The highest BCUT2D eigenvalue weighted by Gasteiger charge is 2.23. The predicted molar refractivity (Wildman–Crippen MR) is 85.5 cm³/mol. The van der Waals surface area contributed by atoms with E-state index in [2.05, 4.69) is 5.32 Å². The summed E-state index contributed by atoms with van der Waals surface area (Å²) in [5.74, 6) is 0.683. The molecule has 0 aliphatic carbocycles. The molecule has 0 aliphatic heterocycles. The molecule has 0 radical (unpaired) electrons. The SMILES string of the molecule is CCNc1cc(S(=O)(=O)N(C)CCSC)ccc1[N+](=O)[O-]. The number of thioether (sulfide) groups is 1. The molecule has 0 saturated heterocycles. The first-order chi connectivity index (χ1) is 9.84. The molecule has 0 bridgehead atoms. The minimum Gasteiger partial charge on any atom is -0.380 e. The number of nitro benzene ring substituents is 1. The van der Waals surface area contributed by atoms with Gasteiger partial charge in [-0.1, -0.05) is 0 Å². The Bertz CT molecular complexity index is 605. The Morgan fingerprint density at radius 2 is 2.10 bits per heavy atom. The van der Waals surface area contributed by atoms with Crippen molar-refractivity contribution in [3.63, 3.8) is 0 Å². The molecule has 118 valence electrons. The minimum atomic E-state index is -3.64. The van der Waals surface area contributed by atoms with Gasteiger partial charge in [-0.15, -0.1) is 0 Å². The van der Waals surface area contributed by atoms with E-state index in [4.69, 9.17) is 0 Å². The number of nitrogens with zero attached hydrogens (tertiary/aromatic N) is 2. The zero-order chi connectivity index (χ0) is 16.0. The summed E-state index contributed by atoms with van der Waals surface area (Å²) in [5.41, 5.74) is 0.0735. The summed E-state index contributed by atoms with van der Waals surface area (Å²) in [6, 6.07) is 3.80. The molecule has 0 heterocycles. The average molecular weight is 333 g/mol. The zero-order valence-electron chi connectivity index (χ0n) is 12.2. The first-order valence-electron chi connectivity index (χ1n) is 6.32. The average Bonchev–Trinajstić information content (AvgIpc) is 2.44. The van der Waals surface area contributed by atoms with Crippen LogP contribution in [0.1, 0.15) is 6.92 Å². The third kappa shape index (κ3) is 4.32. The van der Waals surface area contributed by atoms with Gasteiger partial charge in [-0.25, -0.2) is 12.7 Å². The molecule has 1 aromatic rings. The summed E-state index contributed by atoms with van der Waals surface area (Å²) in [6.45, 7) is 2.64. The minimum absolute atomic E-state index is 0.0488. The van der Waals surface area contributed by atoms with Crippen molar-refractivity contribution in [1.29, 1.82) is 0 Å². The summed E-state index contributed by atoms with van der Waals surface area (Å²) in [5, 5.41) is 13.8. The van der Waals surface area contributed by atoms with Crippen LogP contribution in [0.15, 0.2) is 23.1 Å². The molecule has 1 N–H and O–H groups in total. The van der Waals surface area contributed by atoms with Gasteiger partial charge in [0.25, 0.3) is 5.69 Å². The Hall–Kier alpha value is -1.32. The molecule has 0 aliphatic rings. The molecule has 1 rings (SSSR count). The van der Waals surface area contributed by atoms with Gasteiger partial charge in [0.2, 0.25) is 10.0 Å². The van der Waals surface area contributed by atoms with Gasteiger partial charge in [-0.2, -0.15) is 11.8 Å². The van der Waals surface area contributed by atoms with Crippen LogP contribution in [0.5, 0.6) is 0 Å². The fraction of sp³-hybridized carbons (Fsp3) is 0.500. The molecular weight excluding hydrogens is 314 g/mol. The Balaban J connectivity index is 3.18. The number of hydrogen-bond donors (Lipinski definition) is 1. The summed E-state index contributed by atoms with van der Waals surface area (Å²) >= 11 is 1.55. The van der Waals surface area contributed by atoms with E-state index < -0.39 is 14.9 Å². The smallest absolute Gasteiger partial charge is 0.292 e. The molecule has 0 unspecified atom stereocenters. The van der Waals surface area contributed by atoms with Crippen LogP contribution in [0.3, 0.4) is 0 Å². The number of sulfonamides is 1. The van der Waals surface area contributed by atoms with Crippen molar-refractivity contribution >= 4 is 33.2 Å². The molecule has 1 aromatic carbocycles. The molecule has 0 saturated carbocycles. The maximum absolute atomic E-state index is 12.4. The maximum Gasteiger partial charge on any atom is 0.292 e. The van der Waals surface area contributed by atoms with E-state index in [0.717, 1.165) is 0 Å². The van der Waals surface area contributed by atoms with Crippen molar-refractivity contribution in [3.8, 4) is 0 Å². The third-order valence-electron chi connectivity index (χ3n) is 2.85. The standard InChI is InChI=1S/C12H19N3O4S2/c1-4-13-11-9-10(5-6-12(11)15(16)17)21(18,19)14(2)7-8-20-3/h5-6,9,13H,4,7-8H2,1-3H3. The molecular formula is C12H19N3O4S2. The van der Waals surface area contributed by atoms with Gasteiger partial charge in [0.15, 0.2) is 0 Å². The van der Waals surface area contributed by atoms with Crippen LogP contribution in [0.4, 0.5) is 11.4 Å². The molecule has 21 heavy (non-hydrogen) atoms. The van der Waals surface area contributed by atoms with Crippen LogP contribution in [0.25, 0.3) is 0 Å². The van der Waals surface area contributed by atoms with Gasteiger partial charge in [0.05, 0.1) is 9.82 Å². The second-order valence-electron chi connectivity index (χ2n) is 4.29. The van der Waals surface area contributed by atoms with Gasteiger partial charge in [-0.3, -0.25) is 10.1 Å². The Kier molecular flexibility index (Phi) is 6.43. The van der Waals surface area contributed by atoms with Gasteiger partial charge in [0, 0.05) is 32.0 Å². The van der Waals surface area contributed by atoms with E-state index in [1.165, 1.54) is 29.6 Å². The third-order valence-corrected chi connectivity index (χ3v) is 5.29. The van der Waals surface area contributed by atoms with Gasteiger partial charge in [0.1, 0.15) is 5.69 Å². The van der Waals surface area contributed by atoms with Crippen molar-refractivity contribution in [2.45, 2.75) is 11.8 Å². The van der Waals surface area contributed by atoms with Crippen molar-refractivity contribution in [3.05, 3.63) is 28.3 Å². The quantitative estimate of drug-likeness (QED) is 0.578. The second kappa shape index (κ2) is 7.62. The van der Waals surface area contributed by atoms with Crippen LogP contribution in [-0.4, -0.2) is 49.8 Å². The number of anilines is 1. The molecule has 7 nitrogen and oxygen atoms in total. The lowest BCUT2D eigenvalue weighted by Gasteiger charge is -2.17. The van der Waals surface area contributed by atoms with E-state index >= 15 is 0 Å². The van der Waals surface area contributed by atoms with E-state index in [-0.39, 0.29) is 16.3 Å². The van der Waals surface area contributed by atoms with Gasteiger partial charge >= 0.3 is 0 Å². The number of nitrogens with one attached hydrogen (secondary N) is 1. The van der Waals surface area contributed by atoms with Crippen LogP contribution >= 0.6 is 11.8 Å². The normalized spacial score (nSPS) is 11.6. The summed E-state index contributed by atoms with van der Waals surface area (Å²) in [7, 11) is -2.14. The molecule has 0 aromatic heterocycles. The summed E-state index contributed by atoms with van der Waals surface area (Å²) in [4.78, 5) is 10.4. The van der Waals surface area contributed by atoms with E-state index in [1.807, 2.05) is 6.26 Å². The summed E-state index contributed by atoms with van der Waals surface area (Å²) < 4.78 is 26.0. The molecule has 0 fully saturated rings. The van der Waals surface area contributed by atoms with Crippen molar-refractivity contribution in [2.24, 2.45) is 0 Å². The molecule has 0 amide bonds. The van der Waals surface area contributed by atoms with E-state index in [1.54, 1.807) is 18.7 Å². The fourth-order valence-electron chi connectivity index (χ4n) is 1.69. The van der Waals surface area contributed by atoms with Gasteiger partial charge < -0.3 is 5.32 Å². The molecule has 0 atom stereocenters. The molecule has 0 spiro atoms. The first kappa shape index (κ1) is 17.7. The lowest BCUT2D eigenvalue weighted by molar-refractivity contribution is -0.384. The van der Waals surface area contributed by atoms with Gasteiger partial charge in [-0.05, 0) is 25.3 Å². The molecule has 9 heteroatoms. The van der Waals surface area contributed by atoms with Crippen molar-refractivity contribution in [2.75, 3.05) is 37.5 Å². The van der Waals surface area contributed by atoms with E-state index in [9.17, 15) is 18.5 Å². The van der Waals surface area contributed by atoms with E-state index in [0.29, 0.717) is 18.8 Å². The first-order valence-corrected chi connectivity index (χ1v) is 9.15. The highest BCUT2D eigenvalue weighted by molar-refractivity contribution is 7.98.